The quantitative estimate of drug-likeness (QED) is 0.849. The Labute approximate surface area is 128 Å². The predicted molar refractivity (Wildman–Crippen MR) is 82.6 cm³/mol. The number of benzene rings is 2. The van der Waals surface area contributed by atoms with E-state index in [1.807, 2.05) is 6.07 Å². The summed E-state index contributed by atoms with van der Waals surface area (Å²) in [5, 5.41) is 8.91. The Morgan fingerprint density at radius 2 is 2.00 bits per heavy atom. The first-order valence-electron chi connectivity index (χ1n) is 5.92. The molecule has 0 aliphatic carbocycles. The Morgan fingerprint density at radius 3 is 2.67 bits per heavy atom. The van der Waals surface area contributed by atoms with Gasteiger partial charge in [-0.2, -0.15) is 5.26 Å². The van der Waals surface area contributed by atoms with Crippen molar-refractivity contribution >= 4 is 33.0 Å². The fourth-order valence-corrected chi connectivity index (χ4v) is 3.40. The number of hydrogen-bond acceptors (Lipinski definition) is 4. The molecule has 2 rings (SSSR count). The molecule has 2 aromatic carbocycles. The lowest BCUT2D eigenvalue weighted by atomic mass is 10.2. The molecule has 0 heterocycles. The molecule has 0 saturated heterocycles. The van der Waals surface area contributed by atoms with Gasteiger partial charge < -0.3 is 5.73 Å². The summed E-state index contributed by atoms with van der Waals surface area (Å²) in [7, 11) is -3.88. The van der Waals surface area contributed by atoms with Gasteiger partial charge in [0.15, 0.2) is 0 Å². The summed E-state index contributed by atoms with van der Waals surface area (Å²) >= 11 is 5.98. The number of nitriles is 1. The third kappa shape index (κ3) is 3.27. The molecule has 0 unspecified atom stereocenters. The van der Waals surface area contributed by atoms with E-state index in [9.17, 15) is 8.42 Å². The van der Waals surface area contributed by atoms with Crippen LogP contribution in [0.15, 0.2) is 41.3 Å². The number of nitrogens with two attached hydrogens (primary N) is 1. The van der Waals surface area contributed by atoms with Gasteiger partial charge in [-0.1, -0.05) is 17.7 Å². The summed E-state index contributed by atoms with van der Waals surface area (Å²) in [6.07, 6.45) is 0. The van der Waals surface area contributed by atoms with Crippen molar-refractivity contribution in [1.82, 2.24) is 0 Å². The molecule has 2 aromatic rings. The molecule has 5 nitrogen and oxygen atoms in total. The molecule has 0 aliphatic heterocycles. The Morgan fingerprint density at radius 1 is 1.29 bits per heavy atom. The molecule has 0 fully saturated rings. The second kappa shape index (κ2) is 5.64. The van der Waals surface area contributed by atoms with Crippen LogP contribution in [-0.2, 0) is 10.0 Å². The van der Waals surface area contributed by atoms with Crippen LogP contribution in [0.2, 0.25) is 5.02 Å². The number of hydrogen-bond donors (Lipinski definition) is 2. The van der Waals surface area contributed by atoms with Gasteiger partial charge in [-0.25, -0.2) is 8.42 Å². The minimum atomic E-state index is -3.88. The van der Waals surface area contributed by atoms with E-state index in [4.69, 9.17) is 22.6 Å². The first-order chi connectivity index (χ1) is 9.83. The molecule has 0 aromatic heterocycles. The molecule has 0 radical (unpaired) electrons. The molecular weight excluding hydrogens is 310 g/mol. The summed E-state index contributed by atoms with van der Waals surface area (Å²) < 4.78 is 27.1. The highest BCUT2D eigenvalue weighted by Crippen LogP contribution is 2.28. The monoisotopic (exact) mass is 321 g/mol. The highest BCUT2D eigenvalue weighted by molar-refractivity contribution is 7.92. The zero-order chi connectivity index (χ0) is 15.6. The fourth-order valence-electron chi connectivity index (χ4n) is 1.74. The minimum absolute atomic E-state index is 0.0886. The van der Waals surface area contributed by atoms with Crippen molar-refractivity contribution in [3.63, 3.8) is 0 Å². The largest absolute Gasteiger partial charge is 0.398 e. The normalized spacial score (nSPS) is 10.9. The molecular formula is C14H12ClN3O2S. The van der Waals surface area contributed by atoms with E-state index >= 15 is 0 Å². The van der Waals surface area contributed by atoms with Crippen LogP contribution >= 0.6 is 11.6 Å². The van der Waals surface area contributed by atoms with Gasteiger partial charge in [0.2, 0.25) is 0 Å². The average Bonchev–Trinajstić information content (AvgIpc) is 2.42. The number of nitrogen functional groups attached to an aromatic ring is 1. The summed E-state index contributed by atoms with van der Waals surface area (Å²) in [5.74, 6) is 0. The van der Waals surface area contributed by atoms with Crippen molar-refractivity contribution in [1.29, 1.82) is 5.26 Å². The van der Waals surface area contributed by atoms with E-state index in [0.717, 1.165) is 0 Å². The van der Waals surface area contributed by atoms with E-state index < -0.39 is 10.0 Å². The van der Waals surface area contributed by atoms with Gasteiger partial charge in [0.25, 0.3) is 10.0 Å². The van der Waals surface area contributed by atoms with Gasteiger partial charge in [-0.05, 0) is 42.8 Å². The predicted octanol–water partition coefficient (Wildman–Crippen LogP) is 2.90. The van der Waals surface area contributed by atoms with Crippen LogP contribution in [0.25, 0.3) is 0 Å². The number of rotatable bonds is 3. The number of anilines is 2. The Bertz CT molecular complexity index is 842. The molecule has 0 saturated carbocycles. The second-order valence-electron chi connectivity index (χ2n) is 4.44. The number of nitrogens with zero attached hydrogens (tertiary/aromatic N) is 1. The molecule has 0 amide bonds. The molecule has 0 bridgehead atoms. The van der Waals surface area contributed by atoms with E-state index in [1.54, 1.807) is 25.1 Å². The lowest BCUT2D eigenvalue weighted by Gasteiger charge is -2.11. The number of aryl methyl sites for hydroxylation is 1. The topological polar surface area (TPSA) is 96.0 Å². The Kier molecular flexibility index (Phi) is 4.07. The summed E-state index contributed by atoms with van der Waals surface area (Å²) in [5.41, 5.74) is 7.40. The molecule has 108 valence electrons. The van der Waals surface area contributed by atoms with E-state index in [-0.39, 0.29) is 15.6 Å². The lowest BCUT2D eigenvalue weighted by Crippen LogP contribution is -2.14. The van der Waals surface area contributed by atoms with Crippen LogP contribution in [0.1, 0.15) is 11.1 Å². The highest BCUT2D eigenvalue weighted by atomic mass is 35.5. The van der Waals surface area contributed by atoms with Crippen LogP contribution < -0.4 is 10.5 Å². The van der Waals surface area contributed by atoms with Crippen LogP contribution in [-0.4, -0.2) is 8.42 Å². The van der Waals surface area contributed by atoms with Crippen LogP contribution in [0.4, 0.5) is 11.4 Å². The van der Waals surface area contributed by atoms with Gasteiger partial charge in [0, 0.05) is 5.69 Å². The van der Waals surface area contributed by atoms with Crippen LogP contribution in [0, 0.1) is 18.3 Å². The minimum Gasteiger partial charge on any atom is -0.398 e. The third-order valence-electron chi connectivity index (χ3n) is 2.85. The van der Waals surface area contributed by atoms with Gasteiger partial charge in [-0.3, -0.25) is 4.72 Å². The maximum Gasteiger partial charge on any atom is 0.263 e. The standard InChI is InChI=1S/C14H12ClN3O2S/c1-9-5-12(15)14(7-13(9)17)21(19,20)18-11-4-2-3-10(6-11)8-16/h2-7,18H,17H2,1H3. The van der Waals surface area contributed by atoms with E-state index in [1.165, 1.54) is 18.2 Å². The number of nitrogens with one attached hydrogen (secondary N) is 1. The molecule has 21 heavy (non-hydrogen) atoms. The maximum atomic E-state index is 12.4. The van der Waals surface area contributed by atoms with Crippen LogP contribution in [0.3, 0.4) is 0 Å². The molecule has 3 N–H and O–H groups in total. The van der Waals surface area contributed by atoms with Crippen molar-refractivity contribution in [2.75, 3.05) is 10.5 Å². The van der Waals surface area contributed by atoms with Crippen LogP contribution in [0.5, 0.6) is 0 Å². The molecule has 0 aliphatic rings. The number of sulfonamides is 1. The summed E-state index contributed by atoms with van der Waals surface area (Å²) in [6, 6.07) is 10.9. The van der Waals surface area contributed by atoms with Gasteiger partial charge in [0.1, 0.15) is 4.90 Å². The van der Waals surface area contributed by atoms with Crippen molar-refractivity contribution in [3.05, 3.63) is 52.5 Å². The Hall–Kier alpha value is -2.23. The molecule has 7 heteroatoms. The molecule has 0 atom stereocenters. The van der Waals surface area contributed by atoms with Crippen molar-refractivity contribution in [3.8, 4) is 6.07 Å². The van der Waals surface area contributed by atoms with Gasteiger partial charge in [-0.15, -0.1) is 0 Å². The van der Waals surface area contributed by atoms with Gasteiger partial charge in [0.05, 0.1) is 22.3 Å². The zero-order valence-corrected chi connectivity index (χ0v) is 12.7. The lowest BCUT2D eigenvalue weighted by molar-refractivity contribution is 0.601. The zero-order valence-electron chi connectivity index (χ0n) is 11.1. The first kappa shape index (κ1) is 15.2. The maximum absolute atomic E-state index is 12.4. The smallest absolute Gasteiger partial charge is 0.263 e. The summed E-state index contributed by atoms with van der Waals surface area (Å²) in [4.78, 5) is -0.102. The van der Waals surface area contributed by atoms with Crippen molar-refractivity contribution in [2.24, 2.45) is 0 Å². The molecule has 0 spiro atoms. The second-order valence-corrected chi connectivity index (χ2v) is 6.50. The first-order valence-corrected chi connectivity index (χ1v) is 7.78. The Balaban J connectivity index is 2.43. The average molecular weight is 322 g/mol. The summed E-state index contributed by atoms with van der Waals surface area (Å²) in [6.45, 7) is 1.74. The van der Waals surface area contributed by atoms with Gasteiger partial charge >= 0.3 is 0 Å². The van der Waals surface area contributed by atoms with Crippen molar-refractivity contribution < 1.29 is 8.42 Å². The third-order valence-corrected chi connectivity index (χ3v) is 4.70. The fraction of sp³-hybridized carbons (Fsp3) is 0.0714. The van der Waals surface area contributed by atoms with E-state index in [2.05, 4.69) is 4.72 Å². The highest BCUT2D eigenvalue weighted by Gasteiger charge is 2.19. The number of halogens is 1. The van der Waals surface area contributed by atoms with E-state index in [0.29, 0.717) is 16.8 Å². The van der Waals surface area contributed by atoms with Crippen molar-refractivity contribution in [2.45, 2.75) is 11.8 Å². The SMILES string of the molecule is Cc1cc(Cl)c(S(=O)(=O)Nc2cccc(C#N)c2)cc1N.